The quantitative estimate of drug-likeness (QED) is 0.388. The van der Waals surface area contributed by atoms with Crippen molar-refractivity contribution >= 4 is 44.3 Å². The number of aryl methyl sites for hydroxylation is 1. The third-order valence-corrected chi connectivity index (χ3v) is 6.29. The van der Waals surface area contributed by atoms with Crippen LogP contribution in [-0.2, 0) is 4.79 Å². The summed E-state index contributed by atoms with van der Waals surface area (Å²) in [7, 11) is 0. The third-order valence-electron chi connectivity index (χ3n) is 5.33. The summed E-state index contributed by atoms with van der Waals surface area (Å²) in [6.07, 6.45) is 3.53. The maximum Gasteiger partial charge on any atom is 0.246 e. The van der Waals surface area contributed by atoms with Crippen LogP contribution in [0.5, 0.6) is 0 Å². The Morgan fingerprint density at radius 1 is 1.35 bits per heavy atom. The van der Waals surface area contributed by atoms with Gasteiger partial charge in [-0.1, -0.05) is 12.5 Å². The molecule has 1 aliphatic rings. The van der Waals surface area contributed by atoms with E-state index in [2.05, 4.69) is 33.4 Å². The number of rotatable bonds is 2. The van der Waals surface area contributed by atoms with E-state index in [4.69, 9.17) is 10.8 Å². The van der Waals surface area contributed by atoms with Gasteiger partial charge in [-0.15, -0.1) is 11.3 Å². The van der Waals surface area contributed by atoms with Gasteiger partial charge in [-0.05, 0) is 43.5 Å². The minimum atomic E-state index is -0.0826. The molecule has 1 amide bonds. The molecular weight excluding hydrogens is 410 g/mol. The molecule has 0 unspecified atom stereocenters. The van der Waals surface area contributed by atoms with E-state index in [-0.39, 0.29) is 11.9 Å². The molecule has 0 saturated carbocycles. The number of benzene rings is 1. The molecule has 3 aromatic heterocycles. The van der Waals surface area contributed by atoms with Crippen molar-refractivity contribution in [1.82, 2.24) is 29.6 Å². The van der Waals surface area contributed by atoms with E-state index in [0.717, 1.165) is 27.2 Å². The van der Waals surface area contributed by atoms with E-state index in [1.165, 1.54) is 12.4 Å². The van der Waals surface area contributed by atoms with Crippen LogP contribution in [0.1, 0.15) is 28.7 Å². The van der Waals surface area contributed by atoms with Gasteiger partial charge in [0.2, 0.25) is 5.91 Å². The number of nitrogens with two attached hydrogens (primary N) is 1. The van der Waals surface area contributed by atoms with Gasteiger partial charge in [0.1, 0.15) is 17.8 Å². The summed E-state index contributed by atoms with van der Waals surface area (Å²) in [5.74, 6) is 6.57. The Bertz CT molecular complexity index is 1410. The zero-order valence-electron chi connectivity index (χ0n) is 16.9. The molecule has 1 saturated heterocycles. The van der Waals surface area contributed by atoms with Crippen molar-refractivity contribution in [3.8, 4) is 11.8 Å². The second-order valence-corrected chi connectivity index (χ2v) is 8.58. The van der Waals surface area contributed by atoms with Crippen LogP contribution in [0, 0.1) is 18.8 Å². The lowest BCUT2D eigenvalue weighted by Gasteiger charge is -2.14. The van der Waals surface area contributed by atoms with Gasteiger partial charge in [-0.2, -0.15) is 5.10 Å². The van der Waals surface area contributed by atoms with E-state index in [1.54, 1.807) is 16.2 Å². The van der Waals surface area contributed by atoms with Gasteiger partial charge in [0.15, 0.2) is 5.65 Å². The number of carbonyl (C=O) groups is 1. The highest BCUT2D eigenvalue weighted by Gasteiger charge is 2.29. The Morgan fingerprint density at radius 2 is 2.23 bits per heavy atom. The van der Waals surface area contributed by atoms with Gasteiger partial charge in [-0.3, -0.25) is 4.79 Å². The summed E-state index contributed by atoms with van der Waals surface area (Å²) in [6.45, 7) is 6.74. The van der Waals surface area contributed by atoms with Crippen LogP contribution in [0.25, 0.3) is 21.3 Å². The molecule has 4 heterocycles. The Labute approximate surface area is 182 Å². The number of carbonyl (C=O) groups excluding carboxylic acids is 1. The summed E-state index contributed by atoms with van der Waals surface area (Å²) in [5.41, 5.74) is 9.09. The van der Waals surface area contributed by atoms with E-state index >= 15 is 0 Å². The molecule has 154 valence electrons. The van der Waals surface area contributed by atoms with Crippen molar-refractivity contribution in [1.29, 1.82) is 0 Å². The molecule has 2 N–H and O–H groups in total. The van der Waals surface area contributed by atoms with Crippen LogP contribution in [0.15, 0.2) is 37.2 Å². The topological polar surface area (TPSA) is 103 Å². The van der Waals surface area contributed by atoms with Gasteiger partial charge < -0.3 is 10.6 Å². The van der Waals surface area contributed by atoms with Crippen molar-refractivity contribution in [2.75, 3.05) is 18.8 Å². The minimum absolute atomic E-state index is 0.00872. The standard InChI is InChI=1S/C22H19N7OS/c1-3-19(30)28-9-8-15(11-28)29-22-20(21(23)24-12-25-22)16(27-29)6-4-14-5-7-18-17(10-14)26-13(2)31-18/h3,5,7,10,12,15H,1,8-9,11H2,2H3,(H2,23,24,25)/t15-/m0/s1. The number of likely N-dealkylation sites (tertiary alicyclic amines) is 1. The van der Waals surface area contributed by atoms with Crippen LogP contribution in [-0.4, -0.2) is 48.6 Å². The lowest BCUT2D eigenvalue weighted by molar-refractivity contribution is -0.125. The Morgan fingerprint density at radius 3 is 3.06 bits per heavy atom. The molecule has 1 aliphatic heterocycles. The lowest BCUT2D eigenvalue weighted by Crippen LogP contribution is -2.27. The zero-order chi connectivity index (χ0) is 21.5. The molecule has 0 bridgehead atoms. The van der Waals surface area contributed by atoms with Crippen molar-refractivity contribution in [3.05, 3.63) is 53.4 Å². The van der Waals surface area contributed by atoms with Gasteiger partial charge in [0.25, 0.3) is 0 Å². The van der Waals surface area contributed by atoms with Gasteiger partial charge >= 0.3 is 0 Å². The maximum atomic E-state index is 12.0. The number of hydrogen-bond donors (Lipinski definition) is 1. The summed E-state index contributed by atoms with van der Waals surface area (Å²) in [5, 5.41) is 6.37. The first-order chi connectivity index (χ1) is 15.0. The fourth-order valence-electron chi connectivity index (χ4n) is 3.86. The van der Waals surface area contributed by atoms with E-state index < -0.39 is 0 Å². The van der Waals surface area contributed by atoms with Crippen molar-refractivity contribution in [3.63, 3.8) is 0 Å². The minimum Gasteiger partial charge on any atom is -0.383 e. The SMILES string of the molecule is C=CC(=O)N1CC[C@H](n2nc(C#Cc3ccc4sc(C)nc4c3)c3c(N)ncnc32)C1. The molecule has 1 fully saturated rings. The lowest BCUT2D eigenvalue weighted by atomic mass is 10.2. The van der Waals surface area contributed by atoms with Crippen molar-refractivity contribution in [2.45, 2.75) is 19.4 Å². The van der Waals surface area contributed by atoms with Crippen LogP contribution in [0.3, 0.4) is 0 Å². The number of nitrogen functional groups attached to an aromatic ring is 1. The summed E-state index contributed by atoms with van der Waals surface area (Å²) < 4.78 is 2.95. The average Bonchev–Trinajstić information content (AvgIpc) is 3.47. The fourth-order valence-corrected chi connectivity index (χ4v) is 4.67. The Hall–Kier alpha value is -3.77. The Kier molecular flexibility index (Phi) is 4.64. The van der Waals surface area contributed by atoms with Crippen LogP contribution >= 0.6 is 11.3 Å². The highest BCUT2D eigenvalue weighted by atomic mass is 32.1. The first-order valence-electron chi connectivity index (χ1n) is 9.82. The molecule has 1 atom stereocenters. The first-order valence-corrected chi connectivity index (χ1v) is 10.6. The van der Waals surface area contributed by atoms with Crippen LogP contribution < -0.4 is 5.73 Å². The van der Waals surface area contributed by atoms with Crippen LogP contribution in [0.4, 0.5) is 5.82 Å². The Balaban J connectivity index is 1.54. The average molecular weight is 430 g/mol. The third kappa shape index (κ3) is 3.41. The predicted molar refractivity (Wildman–Crippen MR) is 121 cm³/mol. The molecule has 0 spiro atoms. The number of thiazole rings is 1. The number of nitrogens with zero attached hydrogens (tertiary/aromatic N) is 6. The molecule has 5 rings (SSSR count). The molecule has 4 aromatic rings. The highest BCUT2D eigenvalue weighted by Crippen LogP contribution is 2.28. The maximum absolute atomic E-state index is 12.0. The summed E-state index contributed by atoms with van der Waals surface area (Å²) in [6, 6.07) is 5.97. The number of anilines is 1. The number of aromatic nitrogens is 5. The van der Waals surface area contributed by atoms with E-state index in [9.17, 15) is 4.79 Å². The molecule has 9 heteroatoms. The normalized spacial score (nSPS) is 15.9. The second-order valence-electron chi connectivity index (χ2n) is 7.35. The molecule has 8 nitrogen and oxygen atoms in total. The first kappa shape index (κ1) is 19.2. The van der Waals surface area contributed by atoms with Crippen molar-refractivity contribution in [2.24, 2.45) is 0 Å². The largest absolute Gasteiger partial charge is 0.383 e. The van der Waals surface area contributed by atoms with Gasteiger partial charge in [0, 0.05) is 18.7 Å². The predicted octanol–water partition coefficient (Wildman–Crippen LogP) is 2.69. The zero-order valence-corrected chi connectivity index (χ0v) is 17.7. The highest BCUT2D eigenvalue weighted by molar-refractivity contribution is 7.18. The van der Waals surface area contributed by atoms with Gasteiger partial charge in [0.05, 0.1) is 26.7 Å². The number of hydrogen-bond acceptors (Lipinski definition) is 7. The van der Waals surface area contributed by atoms with Crippen molar-refractivity contribution < 1.29 is 4.79 Å². The number of amides is 1. The molecule has 0 radical (unpaired) electrons. The molecule has 31 heavy (non-hydrogen) atoms. The van der Waals surface area contributed by atoms with E-state index in [0.29, 0.717) is 35.6 Å². The molecule has 1 aromatic carbocycles. The van der Waals surface area contributed by atoms with Gasteiger partial charge in [-0.25, -0.2) is 19.6 Å². The van der Waals surface area contributed by atoms with E-state index in [1.807, 2.05) is 29.8 Å². The van der Waals surface area contributed by atoms with Crippen LogP contribution in [0.2, 0.25) is 0 Å². The molecular formula is C22H19N7OS. The summed E-state index contributed by atoms with van der Waals surface area (Å²) in [4.78, 5) is 26.8. The number of fused-ring (bicyclic) bond motifs is 2. The second kappa shape index (κ2) is 7.49. The fraction of sp³-hybridized carbons (Fsp3) is 0.227. The summed E-state index contributed by atoms with van der Waals surface area (Å²) >= 11 is 1.66. The smallest absolute Gasteiger partial charge is 0.246 e. The molecule has 0 aliphatic carbocycles. The monoisotopic (exact) mass is 429 g/mol.